The summed E-state index contributed by atoms with van der Waals surface area (Å²) in [4.78, 5) is 20.2. The minimum absolute atomic E-state index is 0.107. The van der Waals surface area contributed by atoms with E-state index in [1.807, 2.05) is 27.7 Å². The zero-order valence-corrected chi connectivity index (χ0v) is 11.5. The molecular formula is C13H22N4O. The highest BCUT2D eigenvalue weighted by molar-refractivity contribution is 5.95. The fourth-order valence-electron chi connectivity index (χ4n) is 1.74. The van der Waals surface area contributed by atoms with Gasteiger partial charge in [-0.05, 0) is 19.4 Å². The lowest BCUT2D eigenvalue weighted by Crippen LogP contribution is -2.39. The summed E-state index contributed by atoms with van der Waals surface area (Å²) in [5, 5.41) is 6.14. The normalized spacial score (nSPS) is 12.5. The van der Waals surface area contributed by atoms with E-state index in [0.29, 0.717) is 12.1 Å². The number of likely N-dealkylation sites (N-methyl/N-ethyl adjacent to an activating group) is 1. The Labute approximate surface area is 108 Å². The Morgan fingerprint density at radius 2 is 2.11 bits per heavy atom. The molecule has 0 bridgehead atoms. The fourth-order valence-corrected chi connectivity index (χ4v) is 1.74. The molecule has 0 aliphatic rings. The molecule has 5 nitrogen and oxygen atoms in total. The number of hydrogen-bond acceptors (Lipinski definition) is 4. The summed E-state index contributed by atoms with van der Waals surface area (Å²) in [5.74, 6) is 0.101. The SMILES string of the molecule is CCN[C@H](C)CNC(=O)c1cncnc1C(C)C. The number of nitrogens with one attached hydrogen (secondary N) is 2. The van der Waals surface area contributed by atoms with Gasteiger partial charge in [-0.25, -0.2) is 9.97 Å². The second kappa shape index (κ2) is 7.06. The van der Waals surface area contributed by atoms with Gasteiger partial charge in [0.25, 0.3) is 5.91 Å². The van der Waals surface area contributed by atoms with E-state index in [9.17, 15) is 4.79 Å². The summed E-state index contributed by atoms with van der Waals surface area (Å²) in [7, 11) is 0. The van der Waals surface area contributed by atoms with Gasteiger partial charge in [-0.3, -0.25) is 4.79 Å². The van der Waals surface area contributed by atoms with Crippen molar-refractivity contribution in [2.45, 2.75) is 39.7 Å². The van der Waals surface area contributed by atoms with Crippen molar-refractivity contribution in [1.82, 2.24) is 20.6 Å². The fraction of sp³-hybridized carbons (Fsp3) is 0.615. The van der Waals surface area contributed by atoms with Crippen LogP contribution >= 0.6 is 0 Å². The number of aromatic nitrogens is 2. The topological polar surface area (TPSA) is 66.9 Å². The first-order chi connectivity index (χ1) is 8.56. The smallest absolute Gasteiger partial charge is 0.254 e. The van der Waals surface area contributed by atoms with Gasteiger partial charge in [0, 0.05) is 18.8 Å². The molecule has 0 fully saturated rings. The Hall–Kier alpha value is -1.49. The second-order valence-corrected chi connectivity index (χ2v) is 4.65. The standard InChI is InChI=1S/C13H22N4O/c1-5-15-10(4)6-16-13(18)11-7-14-8-17-12(11)9(2)3/h7-10,15H,5-6H2,1-4H3,(H,16,18)/t10-/m1/s1. The molecule has 18 heavy (non-hydrogen) atoms. The predicted octanol–water partition coefficient (Wildman–Crippen LogP) is 1.33. The average molecular weight is 250 g/mol. The highest BCUT2D eigenvalue weighted by atomic mass is 16.1. The molecule has 0 spiro atoms. The highest BCUT2D eigenvalue weighted by Crippen LogP contribution is 2.15. The summed E-state index contributed by atoms with van der Waals surface area (Å²) in [6.45, 7) is 9.59. The molecular weight excluding hydrogens is 228 g/mol. The van der Waals surface area contributed by atoms with Gasteiger partial charge in [0.05, 0.1) is 11.3 Å². The molecule has 1 amide bonds. The maximum atomic E-state index is 12.1. The molecule has 0 saturated carbocycles. The van der Waals surface area contributed by atoms with Gasteiger partial charge in [-0.15, -0.1) is 0 Å². The van der Waals surface area contributed by atoms with Crippen molar-refractivity contribution >= 4 is 5.91 Å². The van der Waals surface area contributed by atoms with Gasteiger partial charge in [0.2, 0.25) is 0 Å². The van der Waals surface area contributed by atoms with E-state index in [2.05, 4.69) is 20.6 Å². The molecule has 1 heterocycles. The lowest BCUT2D eigenvalue weighted by Gasteiger charge is -2.15. The van der Waals surface area contributed by atoms with Crippen LogP contribution in [-0.2, 0) is 0 Å². The number of carbonyl (C=O) groups is 1. The number of carbonyl (C=O) groups excluding carboxylic acids is 1. The molecule has 0 unspecified atom stereocenters. The molecule has 0 radical (unpaired) electrons. The largest absolute Gasteiger partial charge is 0.350 e. The van der Waals surface area contributed by atoms with E-state index in [1.54, 1.807) is 6.20 Å². The molecule has 1 aromatic rings. The number of rotatable bonds is 6. The van der Waals surface area contributed by atoms with Crippen molar-refractivity contribution in [3.8, 4) is 0 Å². The summed E-state index contributed by atoms with van der Waals surface area (Å²) in [6.07, 6.45) is 3.06. The van der Waals surface area contributed by atoms with Gasteiger partial charge in [-0.2, -0.15) is 0 Å². The van der Waals surface area contributed by atoms with E-state index in [-0.39, 0.29) is 17.9 Å². The van der Waals surface area contributed by atoms with Crippen LogP contribution in [0.1, 0.15) is 49.7 Å². The Morgan fingerprint density at radius 3 is 2.72 bits per heavy atom. The first kappa shape index (κ1) is 14.6. The molecule has 0 aliphatic heterocycles. The highest BCUT2D eigenvalue weighted by Gasteiger charge is 2.15. The Bertz CT molecular complexity index is 392. The lowest BCUT2D eigenvalue weighted by molar-refractivity contribution is 0.0948. The zero-order chi connectivity index (χ0) is 13.5. The average Bonchev–Trinajstić information content (AvgIpc) is 2.36. The van der Waals surface area contributed by atoms with E-state index >= 15 is 0 Å². The van der Waals surface area contributed by atoms with Crippen LogP contribution < -0.4 is 10.6 Å². The van der Waals surface area contributed by atoms with Gasteiger partial charge in [0.15, 0.2) is 0 Å². The van der Waals surface area contributed by atoms with Crippen LogP contribution in [-0.4, -0.2) is 35.0 Å². The predicted molar refractivity (Wildman–Crippen MR) is 71.6 cm³/mol. The Balaban J connectivity index is 2.67. The minimum atomic E-state index is -0.107. The van der Waals surface area contributed by atoms with Gasteiger partial charge < -0.3 is 10.6 Å². The summed E-state index contributed by atoms with van der Waals surface area (Å²) >= 11 is 0. The quantitative estimate of drug-likeness (QED) is 0.799. The van der Waals surface area contributed by atoms with Crippen LogP contribution in [0.15, 0.2) is 12.5 Å². The molecule has 1 atom stereocenters. The molecule has 100 valence electrons. The first-order valence-electron chi connectivity index (χ1n) is 6.37. The lowest BCUT2D eigenvalue weighted by atomic mass is 10.0. The number of hydrogen-bond donors (Lipinski definition) is 2. The molecule has 0 saturated heterocycles. The van der Waals surface area contributed by atoms with Crippen LogP contribution in [0.4, 0.5) is 0 Å². The van der Waals surface area contributed by atoms with Crippen LogP contribution in [0, 0.1) is 0 Å². The van der Waals surface area contributed by atoms with Crippen molar-refractivity contribution in [3.05, 3.63) is 23.8 Å². The van der Waals surface area contributed by atoms with Gasteiger partial charge in [0.1, 0.15) is 6.33 Å². The molecule has 0 aromatic carbocycles. The third-order valence-corrected chi connectivity index (χ3v) is 2.66. The maximum Gasteiger partial charge on any atom is 0.254 e. The van der Waals surface area contributed by atoms with Crippen molar-refractivity contribution in [2.24, 2.45) is 0 Å². The van der Waals surface area contributed by atoms with Crippen LogP contribution in [0.25, 0.3) is 0 Å². The molecule has 1 aromatic heterocycles. The zero-order valence-electron chi connectivity index (χ0n) is 11.5. The van der Waals surface area contributed by atoms with E-state index < -0.39 is 0 Å². The molecule has 0 aliphatic carbocycles. The number of amides is 1. The van der Waals surface area contributed by atoms with Crippen LogP contribution in [0.3, 0.4) is 0 Å². The van der Waals surface area contributed by atoms with Crippen LogP contribution in [0.5, 0.6) is 0 Å². The third kappa shape index (κ3) is 4.07. The van der Waals surface area contributed by atoms with Crippen molar-refractivity contribution in [2.75, 3.05) is 13.1 Å². The third-order valence-electron chi connectivity index (χ3n) is 2.66. The van der Waals surface area contributed by atoms with Crippen LogP contribution in [0.2, 0.25) is 0 Å². The monoisotopic (exact) mass is 250 g/mol. The summed E-state index contributed by atoms with van der Waals surface area (Å²) in [6, 6.07) is 0.256. The second-order valence-electron chi connectivity index (χ2n) is 4.65. The Kier molecular flexibility index (Phi) is 5.71. The molecule has 5 heteroatoms. The van der Waals surface area contributed by atoms with Crippen molar-refractivity contribution in [3.63, 3.8) is 0 Å². The Morgan fingerprint density at radius 1 is 1.39 bits per heavy atom. The van der Waals surface area contributed by atoms with E-state index in [0.717, 1.165) is 12.2 Å². The molecule has 1 rings (SSSR count). The van der Waals surface area contributed by atoms with E-state index in [4.69, 9.17) is 0 Å². The number of nitrogens with zero attached hydrogens (tertiary/aromatic N) is 2. The maximum absolute atomic E-state index is 12.1. The van der Waals surface area contributed by atoms with Crippen molar-refractivity contribution < 1.29 is 4.79 Å². The summed E-state index contributed by atoms with van der Waals surface area (Å²) in [5.41, 5.74) is 1.36. The summed E-state index contributed by atoms with van der Waals surface area (Å²) < 4.78 is 0. The van der Waals surface area contributed by atoms with E-state index in [1.165, 1.54) is 6.33 Å². The molecule has 2 N–H and O–H groups in total. The first-order valence-corrected chi connectivity index (χ1v) is 6.37. The minimum Gasteiger partial charge on any atom is -0.350 e. The van der Waals surface area contributed by atoms with Gasteiger partial charge in [-0.1, -0.05) is 20.8 Å². The van der Waals surface area contributed by atoms with Crippen molar-refractivity contribution in [1.29, 1.82) is 0 Å². The van der Waals surface area contributed by atoms with Gasteiger partial charge >= 0.3 is 0 Å².